The van der Waals surface area contributed by atoms with Crippen molar-refractivity contribution in [1.82, 2.24) is 14.6 Å². The van der Waals surface area contributed by atoms with Crippen LogP contribution in [0.25, 0.3) is 5.65 Å². The maximum absolute atomic E-state index is 5.99. The Morgan fingerprint density at radius 2 is 1.81 bits per heavy atom. The highest BCUT2D eigenvalue weighted by Gasteiger charge is 2.29. The third-order valence-electron chi connectivity index (χ3n) is 4.02. The Kier molecular flexibility index (Phi) is 3.46. The average Bonchev–Trinajstić information content (AvgIpc) is 2.92. The Hall–Kier alpha value is -1.87. The summed E-state index contributed by atoms with van der Waals surface area (Å²) in [6.07, 6.45) is 2.98. The second-order valence-electron chi connectivity index (χ2n) is 5.74. The molecular weight excluding hydrogens is 282 g/mol. The number of aromatic nitrogens is 3. The molecule has 0 saturated carbocycles. The molecule has 0 saturated heterocycles. The fourth-order valence-electron chi connectivity index (χ4n) is 2.67. The summed E-state index contributed by atoms with van der Waals surface area (Å²) in [6, 6.07) is 12.1. The molecule has 0 amide bonds. The van der Waals surface area contributed by atoms with Crippen molar-refractivity contribution >= 4 is 17.2 Å². The second kappa shape index (κ2) is 5.15. The number of rotatable bonds is 3. The first kappa shape index (κ1) is 14.1. The Bertz CT molecular complexity index is 772. The highest BCUT2D eigenvalue weighted by molar-refractivity contribution is 6.30. The Morgan fingerprint density at radius 3 is 2.48 bits per heavy atom. The number of fused-ring (bicyclic) bond motifs is 1. The van der Waals surface area contributed by atoms with Crippen LogP contribution < -0.4 is 0 Å². The minimum absolute atomic E-state index is 0.240. The molecule has 0 fully saturated rings. The molecule has 108 valence electrons. The first-order valence-corrected chi connectivity index (χ1v) is 7.51. The molecule has 0 aliphatic carbocycles. The SMILES string of the molecule is CCc1cccn2c(C(C)(C)c3ccc(Cl)cc3)nnc12. The van der Waals surface area contributed by atoms with Crippen molar-refractivity contribution in [3.8, 4) is 0 Å². The quantitative estimate of drug-likeness (QED) is 0.723. The number of benzene rings is 1. The molecule has 21 heavy (non-hydrogen) atoms. The molecule has 0 aliphatic heterocycles. The van der Waals surface area contributed by atoms with E-state index in [1.807, 2.05) is 30.5 Å². The fourth-order valence-corrected chi connectivity index (χ4v) is 2.80. The van der Waals surface area contributed by atoms with Crippen LogP contribution in [0.4, 0.5) is 0 Å². The largest absolute Gasteiger partial charge is 0.285 e. The molecule has 2 heterocycles. The minimum atomic E-state index is -0.240. The third kappa shape index (κ3) is 2.32. The molecule has 0 spiro atoms. The smallest absolute Gasteiger partial charge is 0.163 e. The third-order valence-corrected chi connectivity index (χ3v) is 4.27. The van der Waals surface area contributed by atoms with Crippen LogP contribution in [0.5, 0.6) is 0 Å². The first-order valence-electron chi connectivity index (χ1n) is 7.13. The van der Waals surface area contributed by atoms with Crippen LogP contribution in [0.15, 0.2) is 42.6 Å². The normalized spacial score (nSPS) is 12.0. The summed E-state index contributed by atoms with van der Waals surface area (Å²) < 4.78 is 2.09. The van der Waals surface area contributed by atoms with E-state index < -0.39 is 0 Å². The van der Waals surface area contributed by atoms with Crippen LogP contribution in [0.2, 0.25) is 5.02 Å². The van der Waals surface area contributed by atoms with Gasteiger partial charge in [-0.3, -0.25) is 4.40 Å². The van der Waals surface area contributed by atoms with E-state index in [0.717, 1.165) is 22.9 Å². The van der Waals surface area contributed by atoms with Gasteiger partial charge in [-0.2, -0.15) is 0 Å². The van der Waals surface area contributed by atoms with Crippen molar-refractivity contribution in [2.24, 2.45) is 0 Å². The van der Waals surface area contributed by atoms with Crippen molar-refractivity contribution in [2.45, 2.75) is 32.6 Å². The van der Waals surface area contributed by atoms with Crippen LogP contribution in [-0.4, -0.2) is 14.6 Å². The van der Waals surface area contributed by atoms with Gasteiger partial charge in [0.2, 0.25) is 0 Å². The lowest BCUT2D eigenvalue weighted by atomic mass is 9.84. The number of halogens is 1. The number of aryl methyl sites for hydroxylation is 1. The molecule has 0 unspecified atom stereocenters. The molecule has 0 N–H and O–H groups in total. The molecule has 3 nitrogen and oxygen atoms in total. The first-order chi connectivity index (χ1) is 10.0. The van der Waals surface area contributed by atoms with E-state index in [2.05, 4.69) is 47.5 Å². The fraction of sp³-hybridized carbons (Fsp3) is 0.294. The van der Waals surface area contributed by atoms with E-state index in [4.69, 9.17) is 11.6 Å². The number of nitrogens with zero attached hydrogens (tertiary/aromatic N) is 3. The van der Waals surface area contributed by atoms with Crippen molar-refractivity contribution in [3.05, 3.63) is 64.6 Å². The molecule has 3 rings (SSSR count). The molecule has 4 heteroatoms. The van der Waals surface area contributed by atoms with Crippen molar-refractivity contribution < 1.29 is 0 Å². The Balaban J connectivity index is 2.17. The zero-order valence-electron chi connectivity index (χ0n) is 12.5. The maximum Gasteiger partial charge on any atom is 0.163 e. The van der Waals surface area contributed by atoms with E-state index in [0.29, 0.717) is 0 Å². The average molecular weight is 300 g/mol. The van der Waals surface area contributed by atoms with Gasteiger partial charge in [-0.05, 0) is 49.6 Å². The van der Waals surface area contributed by atoms with Crippen LogP contribution in [0.3, 0.4) is 0 Å². The van der Waals surface area contributed by atoms with E-state index in [9.17, 15) is 0 Å². The van der Waals surface area contributed by atoms with E-state index >= 15 is 0 Å². The molecule has 0 atom stereocenters. The van der Waals surface area contributed by atoms with Gasteiger partial charge in [0, 0.05) is 11.2 Å². The Labute approximate surface area is 129 Å². The van der Waals surface area contributed by atoms with Crippen molar-refractivity contribution in [1.29, 1.82) is 0 Å². The van der Waals surface area contributed by atoms with E-state index in [1.165, 1.54) is 11.1 Å². The summed E-state index contributed by atoms with van der Waals surface area (Å²) >= 11 is 5.99. The molecule has 2 aromatic heterocycles. The molecular formula is C17H18ClN3. The predicted octanol–water partition coefficient (Wildman–Crippen LogP) is 4.27. The summed E-state index contributed by atoms with van der Waals surface area (Å²) in [5.41, 5.74) is 3.08. The number of hydrogen-bond acceptors (Lipinski definition) is 2. The standard InChI is InChI=1S/C17H18ClN3/c1-4-12-6-5-11-21-15(12)19-20-16(21)17(2,3)13-7-9-14(18)10-8-13/h5-11H,4H2,1-3H3. The van der Waals surface area contributed by atoms with Gasteiger partial charge in [0.05, 0.1) is 5.41 Å². The van der Waals surface area contributed by atoms with Gasteiger partial charge in [-0.15, -0.1) is 10.2 Å². The van der Waals surface area contributed by atoms with Crippen LogP contribution in [0.1, 0.15) is 37.7 Å². The monoisotopic (exact) mass is 299 g/mol. The lowest BCUT2D eigenvalue weighted by molar-refractivity contribution is 0.582. The molecule has 0 bridgehead atoms. The zero-order valence-corrected chi connectivity index (χ0v) is 13.2. The highest BCUT2D eigenvalue weighted by Crippen LogP contribution is 2.31. The topological polar surface area (TPSA) is 30.2 Å². The van der Waals surface area contributed by atoms with Gasteiger partial charge in [-0.1, -0.05) is 36.7 Å². The van der Waals surface area contributed by atoms with Gasteiger partial charge in [0.1, 0.15) is 5.82 Å². The van der Waals surface area contributed by atoms with Crippen LogP contribution >= 0.6 is 11.6 Å². The minimum Gasteiger partial charge on any atom is -0.285 e. The maximum atomic E-state index is 5.99. The summed E-state index contributed by atoms with van der Waals surface area (Å²) in [6.45, 7) is 6.45. The van der Waals surface area contributed by atoms with Gasteiger partial charge >= 0.3 is 0 Å². The zero-order chi connectivity index (χ0) is 15.0. The lowest BCUT2D eigenvalue weighted by Crippen LogP contribution is -2.22. The number of pyridine rings is 1. The van der Waals surface area contributed by atoms with Gasteiger partial charge in [0.15, 0.2) is 5.65 Å². The van der Waals surface area contributed by atoms with Crippen molar-refractivity contribution in [3.63, 3.8) is 0 Å². The highest BCUT2D eigenvalue weighted by atomic mass is 35.5. The molecule has 0 aliphatic rings. The van der Waals surface area contributed by atoms with Crippen LogP contribution in [0, 0.1) is 0 Å². The molecule has 1 aromatic carbocycles. The Morgan fingerprint density at radius 1 is 1.10 bits per heavy atom. The summed E-state index contributed by atoms with van der Waals surface area (Å²) in [5.74, 6) is 0.940. The summed E-state index contributed by atoms with van der Waals surface area (Å²) in [7, 11) is 0. The van der Waals surface area contributed by atoms with Crippen LogP contribution in [-0.2, 0) is 11.8 Å². The predicted molar refractivity (Wildman–Crippen MR) is 85.9 cm³/mol. The van der Waals surface area contributed by atoms with Gasteiger partial charge in [-0.25, -0.2) is 0 Å². The van der Waals surface area contributed by atoms with Gasteiger partial charge < -0.3 is 0 Å². The summed E-state index contributed by atoms with van der Waals surface area (Å²) in [5, 5.41) is 9.58. The second-order valence-corrected chi connectivity index (χ2v) is 6.17. The lowest BCUT2D eigenvalue weighted by Gasteiger charge is -2.23. The summed E-state index contributed by atoms with van der Waals surface area (Å²) in [4.78, 5) is 0. The van der Waals surface area contributed by atoms with Crippen molar-refractivity contribution in [2.75, 3.05) is 0 Å². The van der Waals surface area contributed by atoms with E-state index in [-0.39, 0.29) is 5.41 Å². The number of hydrogen-bond donors (Lipinski definition) is 0. The van der Waals surface area contributed by atoms with E-state index in [1.54, 1.807) is 0 Å². The molecule has 3 aromatic rings. The van der Waals surface area contributed by atoms with Gasteiger partial charge in [0.25, 0.3) is 0 Å². The molecule has 0 radical (unpaired) electrons.